The molecule has 2 aromatic heterocycles. The second kappa shape index (κ2) is 12.0. The van der Waals surface area contributed by atoms with E-state index < -0.39 is 0 Å². The zero-order valence-electron chi connectivity index (χ0n) is 22.2. The smallest absolute Gasteiger partial charge is 0.318 e. The average molecular weight is 599 g/mol. The Balaban J connectivity index is 1.15. The van der Waals surface area contributed by atoms with E-state index in [1.54, 1.807) is 6.20 Å². The molecule has 1 saturated heterocycles. The van der Waals surface area contributed by atoms with Gasteiger partial charge in [0.15, 0.2) is 5.65 Å². The van der Waals surface area contributed by atoms with Crippen LogP contribution in [0.25, 0.3) is 5.65 Å². The number of urea groups is 1. The van der Waals surface area contributed by atoms with E-state index in [1.807, 2.05) is 58.2 Å². The fraction of sp³-hybridized carbons (Fsp3) is 0.290. The number of aliphatic imine (C=N–C) groups is 1. The lowest BCUT2D eigenvalue weighted by molar-refractivity contribution is 0.178. The van der Waals surface area contributed by atoms with E-state index in [4.69, 9.17) is 4.98 Å². The first-order chi connectivity index (χ1) is 19.7. The van der Waals surface area contributed by atoms with E-state index in [0.29, 0.717) is 13.1 Å². The number of carbonyl (C=O) groups is 1. The first-order valence-electron chi connectivity index (χ1n) is 13.8. The Labute approximate surface area is 242 Å². The molecule has 2 aliphatic heterocycles. The minimum atomic E-state index is -0.200. The Morgan fingerprint density at radius 3 is 2.38 bits per heavy atom. The van der Waals surface area contributed by atoms with Crippen LogP contribution in [-0.2, 0) is 0 Å². The lowest BCUT2D eigenvalue weighted by Gasteiger charge is -2.33. The van der Waals surface area contributed by atoms with Crippen molar-refractivity contribution in [2.24, 2.45) is 4.99 Å². The van der Waals surface area contributed by atoms with Crippen LogP contribution in [0.1, 0.15) is 54.5 Å². The van der Waals surface area contributed by atoms with Crippen molar-refractivity contribution in [2.75, 3.05) is 25.0 Å². The molecule has 0 unspecified atom stereocenters. The molecule has 8 nitrogen and oxygen atoms in total. The molecule has 204 valence electrons. The highest BCUT2D eigenvalue weighted by atomic mass is 79.9. The number of amides is 2. The second-order valence-corrected chi connectivity index (χ2v) is 11.1. The number of nitrogens with one attached hydrogen (secondary N) is 2. The van der Waals surface area contributed by atoms with Gasteiger partial charge in [-0.2, -0.15) is 9.61 Å². The molecule has 6 rings (SSSR count). The Bertz CT molecular complexity index is 1490. The molecule has 2 aromatic carbocycles. The number of halogens is 1. The molecular formula is C31H32BrN7O. The largest absolute Gasteiger partial charge is 0.366 e. The summed E-state index contributed by atoms with van der Waals surface area (Å²) in [5, 5.41) is 11.4. The number of hydrogen-bond acceptors (Lipinski definition) is 5. The highest BCUT2D eigenvalue weighted by molar-refractivity contribution is 9.10. The van der Waals surface area contributed by atoms with E-state index in [1.165, 1.54) is 5.57 Å². The minimum Gasteiger partial charge on any atom is -0.366 e. The highest BCUT2D eigenvalue weighted by Gasteiger charge is 2.28. The fourth-order valence-corrected chi connectivity index (χ4v) is 5.77. The van der Waals surface area contributed by atoms with Gasteiger partial charge in [0.1, 0.15) is 5.82 Å². The van der Waals surface area contributed by atoms with Crippen LogP contribution in [-0.4, -0.2) is 51.4 Å². The third-order valence-electron chi connectivity index (χ3n) is 7.64. The van der Waals surface area contributed by atoms with Crippen LogP contribution in [0, 0.1) is 0 Å². The Morgan fingerprint density at radius 2 is 1.73 bits per heavy atom. The lowest BCUT2D eigenvalue weighted by atomic mass is 9.93. The van der Waals surface area contributed by atoms with Crippen LogP contribution in [0.5, 0.6) is 0 Å². The van der Waals surface area contributed by atoms with Gasteiger partial charge in [-0.05, 0) is 58.3 Å². The van der Waals surface area contributed by atoms with Crippen molar-refractivity contribution in [2.45, 2.75) is 37.6 Å². The van der Waals surface area contributed by atoms with Crippen LogP contribution in [0.15, 0.2) is 94.2 Å². The van der Waals surface area contributed by atoms with Gasteiger partial charge in [0.2, 0.25) is 0 Å². The Morgan fingerprint density at radius 1 is 1.02 bits per heavy atom. The van der Waals surface area contributed by atoms with Crippen molar-refractivity contribution in [3.63, 3.8) is 0 Å². The number of hydrogen-bond donors (Lipinski definition) is 2. The van der Waals surface area contributed by atoms with Gasteiger partial charge < -0.3 is 15.5 Å². The number of nitrogens with zero attached hydrogens (tertiary/aromatic N) is 5. The molecule has 9 heteroatoms. The van der Waals surface area contributed by atoms with Crippen molar-refractivity contribution >= 4 is 39.6 Å². The molecule has 4 aromatic rings. The molecule has 2 amide bonds. The van der Waals surface area contributed by atoms with Crippen molar-refractivity contribution in [1.29, 1.82) is 0 Å². The summed E-state index contributed by atoms with van der Waals surface area (Å²) in [7, 11) is 0. The van der Waals surface area contributed by atoms with Crippen LogP contribution in [0.4, 0.5) is 10.6 Å². The number of rotatable bonds is 7. The van der Waals surface area contributed by atoms with Gasteiger partial charge in [0.25, 0.3) is 0 Å². The van der Waals surface area contributed by atoms with Crippen molar-refractivity contribution < 1.29 is 4.79 Å². The van der Waals surface area contributed by atoms with Gasteiger partial charge in [-0.15, -0.1) is 0 Å². The van der Waals surface area contributed by atoms with E-state index in [0.717, 1.165) is 65.0 Å². The normalized spacial score (nSPS) is 15.8. The summed E-state index contributed by atoms with van der Waals surface area (Å²) in [6, 6.07) is 22.1. The van der Waals surface area contributed by atoms with Gasteiger partial charge >= 0.3 is 6.03 Å². The quantitative estimate of drug-likeness (QED) is 0.260. The Kier molecular flexibility index (Phi) is 7.90. The van der Waals surface area contributed by atoms with Gasteiger partial charge in [-0.3, -0.25) is 4.99 Å². The summed E-state index contributed by atoms with van der Waals surface area (Å²) in [6.45, 7) is 2.07. The van der Waals surface area contributed by atoms with Crippen molar-refractivity contribution in [3.8, 4) is 0 Å². The number of benzene rings is 2. The zero-order chi connectivity index (χ0) is 27.3. The summed E-state index contributed by atoms with van der Waals surface area (Å²) >= 11 is 3.61. The molecule has 0 atom stereocenters. The summed E-state index contributed by atoms with van der Waals surface area (Å²) in [4.78, 5) is 24.6. The number of aromatic nitrogens is 3. The van der Waals surface area contributed by atoms with Gasteiger partial charge in [-0.25, -0.2) is 9.78 Å². The van der Waals surface area contributed by atoms with Crippen LogP contribution in [0.2, 0.25) is 0 Å². The van der Waals surface area contributed by atoms with Crippen LogP contribution < -0.4 is 10.6 Å². The number of likely N-dealkylation sites (tertiary alicyclic amines) is 1. The fourth-order valence-electron chi connectivity index (χ4n) is 5.42. The predicted octanol–water partition coefficient (Wildman–Crippen LogP) is 6.33. The number of anilines is 1. The first-order valence-corrected chi connectivity index (χ1v) is 14.6. The maximum absolute atomic E-state index is 13.4. The van der Waals surface area contributed by atoms with E-state index in [2.05, 4.69) is 67.0 Å². The number of fused-ring (bicyclic) bond motifs is 1. The standard InChI is InChI=1S/C31H32BrN7O/c32-26-21-35-39-28(34-20-22-8-7-15-33-19-22)18-27(36-30(26)39)23-13-16-38(17-14-23)31(40)37-29(24-9-3-1-4-10-24)25-11-5-2-6-12-25/h1-6,9-12,15,18-19,21,23,29,34H,7-8,13-14,16-17,20H2,(H,37,40). The molecular weight excluding hydrogens is 566 g/mol. The minimum absolute atomic E-state index is 0.0381. The maximum atomic E-state index is 13.4. The molecule has 0 spiro atoms. The maximum Gasteiger partial charge on any atom is 0.318 e. The molecule has 1 fully saturated rings. The van der Waals surface area contributed by atoms with Gasteiger partial charge in [0, 0.05) is 49.7 Å². The summed E-state index contributed by atoms with van der Waals surface area (Å²) in [6.07, 6.45) is 9.36. The molecule has 0 aliphatic carbocycles. The molecule has 0 radical (unpaired) electrons. The number of piperidine rings is 1. The van der Waals surface area contributed by atoms with Gasteiger partial charge in [0.05, 0.1) is 16.7 Å². The first kappa shape index (κ1) is 26.3. The summed E-state index contributed by atoms with van der Waals surface area (Å²) in [5.41, 5.74) is 5.22. The summed E-state index contributed by atoms with van der Waals surface area (Å²) in [5.74, 6) is 1.17. The van der Waals surface area contributed by atoms with Crippen molar-refractivity contribution in [1.82, 2.24) is 24.8 Å². The summed E-state index contributed by atoms with van der Waals surface area (Å²) < 4.78 is 2.71. The Hall–Kier alpha value is -3.98. The molecule has 2 aliphatic rings. The lowest BCUT2D eigenvalue weighted by Crippen LogP contribution is -2.45. The monoisotopic (exact) mass is 597 g/mol. The average Bonchev–Trinajstić information content (AvgIpc) is 3.40. The van der Waals surface area contributed by atoms with E-state index >= 15 is 0 Å². The second-order valence-electron chi connectivity index (χ2n) is 10.3. The predicted molar refractivity (Wildman–Crippen MR) is 162 cm³/mol. The van der Waals surface area contributed by atoms with Crippen LogP contribution in [0.3, 0.4) is 0 Å². The molecule has 40 heavy (non-hydrogen) atoms. The van der Waals surface area contributed by atoms with Crippen LogP contribution >= 0.6 is 15.9 Å². The third kappa shape index (κ3) is 5.79. The SMILES string of the molecule is O=C(NC(c1ccccc1)c1ccccc1)N1CCC(c2cc(NCC3=CN=CCC3)n3ncc(Br)c3n2)CC1. The van der Waals surface area contributed by atoms with E-state index in [-0.39, 0.29) is 18.0 Å². The highest BCUT2D eigenvalue weighted by Crippen LogP contribution is 2.31. The zero-order valence-corrected chi connectivity index (χ0v) is 23.8. The van der Waals surface area contributed by atoms with E-state index in [9.17, 15) is 4.79 Å². The topological polar surface area (TPSA) is 86.9 Å². The number of carbonyl (C=O) groups excluding carboxylic acids is 1. The molecule has 2 N–H and O–H groups in total. The van der Waals surface area contributed by atoms with Crippen molar-refractivity contribution in [3.05, 3.63) is 106 Å². The molecule has 0 saturated carbocycles. The molecule has 4 heterocycles. The van der Waals surface area contributed by atoms with Gasteiger partial charge in [-0.1, -0.05) is 60.7 Å². The molecule has 0 bridgehead atoms. The third-order valence-corrected chi connectivity index (χ3v) is 8.20.